The lowest BCUT2D eigenvalue weighted by Crippen LogP contribution is -2.25. The molecule has 0 bridgehead atoms. The van der Waals surface area contributed by atoms with E-state index in [1.807, 2.05) is 22.6 Å². The summed E-state index contributed by atoms with van der Waals surface area (Å²) in [6.07, 6.45) is 0. The summed E-state index contributed by atoms with van der Waals surface area (Å²) in [6.45, 7) is 0. The molecule has 9 nitrogen and oxygen atoms in total. The smallest absolute Gasteiger partial charge is 0.341 e. The number of ether oxygens (including phenoxy) is 2. The molecule has 1 aliphatic rings. The Morgan fingerprint density at radius 2 is 1.85 bits per heavy atom. The van der Waals surface area contributed by atoms with Crippen LogP contribution in [0.3, 0.4) is 0 Å². The number of aromatic nitrogens is 1. The van der Waals surface area contributed by atoms with Gasteiger partial charge in [-0.05, 0) is 28.7 Å². The summed E-state index contributed by atoms with van der Waals surface area (Å²) in [4.78, 5) is 48.1. The molecule has 0 spiro atoms. The second-order valence-corrected chi connectivity index (χ2v) is 6.43. The second kappa shape index (κ2) is 6.44. The number of fused-ring (bicyclic) bond motifs is 1. The van der Waals surface area contributed by atoms with Crippen LogP contribution in [0.5, 0.6) is 5.75 Å². The summed E-state index contributed by atoms with van der Waals surface area (Å²) in [5.41, 5.74) is 5.75. The number of nitrogens with two attached hydrogens (primary N) is 1. The Balaban J connectivity index is 2.31. The van der Waals surface area contributed by atoms with E-state index in [0.717, 1.165) is 10.6 Å². The van der Waals surface area contributed by atoms with Crippen molar-refractivity contribution in [3.05, 3.63) is 48.8 Å². The minimum absolute atomic E-state index is 0.0677. The quantitative estimate of drug-likeness (QED) is 0.385. The average Bonchev–Trinajstić information content (AvgIpc) is 2.89. The molecule has 0 saturated heterocycles. The number of rotatable bonds is 3. The number of esters is 1. The van der Waals surface area contributed by atoms with E-state index in [2.05, 4.69) is 5.32 Å². The SMILES string of the molecule is COC(=O)c1cc(I)c(-n2c(N)c3c(cc2=O)C(=O)NC3=O)cc1OC. The number of halogens is 1. The summed E-state index contributed by atoms with van der Waals surface area (Å²) < 4.78 is 11.5. The maximum atomic E-state index is 12.5. The maximum absolute atomic E-state index is 12.5. The van der Waals surface area contributed by atoms with Crippen LogP contribution in [0.15, 0.2) is 23.0 Å². The van der Waals surface area contributed by atoms with E-state index in [1.165, 1.54) is 26.4 Å². The van der Waals surface area contributed by atoms with Crippen LogP contribution >= 0.6 is 22.6 Å². The molecule has 0 fully saturated rings. The average molecular weight is 469 g/mol. The first-order valence-electron chi connectivity index (χ1n) is 7.17. The van der Waals surface area contributed by atoms with Crippen LogP contribution < -0.4 is 21.3 Å². The highest BCUT2D eigenvalue weighted by molar-refractivity contribution is 14.1. The van der Waals surface area contributed by atoms with Gasteiger partial charge in [0.2, 0.25) is 0 Å². The van der Waals surface area contributed by atoms with Gasteiger partial charge in [0.25, 0.3) is 17.4 Å². The van der Waals surface area contributed by atoms with Crippen LogP contribution in [-0.4, -0.2) is 36.6 Å². The van der Waals surface area contributed by atoms with Gasteiger partial charge < -0.3 is 15.2 Å². The monoisotopic (exact) mass is 469 g/mol. The summed E-state index contributed by atoms with van der Waals surface area (Å²) >= 11 is 1.92. The Hall–Kier alpha value is -2.89. The zero-order valence-electron chi connectivity index (χ0n) is 13.6. The van der Waals surface area contributed by atoms with Gasteiger partial charge in [-0.25, -0.2) is 4.79 Å². The summed E-state index contributed by atoms with van der Waals surface area (Å²) in [5, 5.41) is 2.10. The van der Waals surface area contributed by atoms with Gasteiger partial charge >= 0.3 is 5.97 Å². The van der Waals surface area contributed by atoms with Crippen molar-refractivity contribution in [3.63, 3.8) is 0 Å². The number of benzene rings is 1. The molecule has 0 radical (unpaired) electrons. The van der Waals surface area contributed by atoms with Gasteiger partial charge in [0.05, 0.1) is 31.0 Å². The number of hydrogen-bond acceptors (Lipinski definition) is 7. The number of anilines is 1. The van der Waals surface area contributed by atoms with E-state index in [4.69, 9.17) is 15.2 Å². The lowest BCUT2D eigenvalue weighted by Gasteiger charge is -2.16. The highest BCUT2D eigenvalue weighted by Gasteiger charge is 2.32. The topological polar surface area (TPSA) is 130 Å². The lowest BCUT2D eigenvalue weighted by atomic mass is 10.1. The van der Waals surface area contributed by atoms with Gasteiger partial charge in [-0.2, -0.15) is 0 Å². The Morgan fingerprint density at radius 3 is 2.46 bits per heavy atom. The molecule has 2 amide bonds. The number of methoxy groups -OCH3 is 2. The number of nitrogens with one attached hydrogen (secondary N) is 1. The molecule has 10 heteroatoms. The van der Waals surface area contributed by atoms with Crippen LogP contribution in [0.2, 0.25) is 0 Å². The van der Waals surface area contributed by atoms with Crippen molar-refractivity contribution in [1.82, 2.24) is 9.88 Å². The van der Waals surface area contributed by atoms with E-state index in [0.29, 0.717) is 9.26 Å². The van der Waals surface area contributed by atoms with Crippen LogP contribution in [0.25, 0.3) is 5.69 Å². The fraction of sp³-hybridized carbons (Fsp3) is 0.125. The highest BCUT2D eigenvalue weighted by Crippen LogP contribution is 2.30. The van der Waals surface area contributed by atoms with Gasteiger partial charge in [0.1, 0.15) is 17.1 Å². The molecule has 1 aromatic carbocycles. The number of imide groups is 1. The van der Waals surface area contributed by atoms with Gasteiger partial charge in [0.15, 0.2) is 0 Å². The Morgan fingerprint density at radius 1 is 1.15 bits per heavy atom. The Kier molecular flexibility index (Phi) is 4.44. The summed E-state index contributed by atoms with van der Waals surface area (Å²) in [5.74, 6) is -1.97. The fourth-order valence-electron chi connectivity index (χ4n) is 2.68. The van der Waals surface area contributed by atoms with Crippen LogP contribution in [0.1, 0.15) is 31.1 Å². The zero-order chi connectivity index (χ0) is 19.2. The third kappa shape index (κ3) is 2.62. The summed E-state index contributed by atoms with van der Waals surface area (Å²) in [6, 6.07) is 3.96. The molecule has 26 heavy (non-hydrogen) atoms. The number of carbonyl (C=O) groups excluding carboxylic acids is 3. The Bertz CT molecular complexity index is 1040. The molecule has 0 unspecified atom stereocenters. The molecular formula is C16H12IN3O6. The van der Waals surface area contributed by atoms with Gasteiger partial charge in [-0.3, -0.25) is 24.3 Å². The second-order valence-electron chi connectivity index (χ2n) is 5.27. The van der Waals surface area contributed by atoms with Gasteiger partial charge in [0, 0.05) is 15.7 Å². The van der Waals surface area contributed by atoms with Crippen molar-refractivity contribution in [2.75, 3.05) is 20.0 Å². The first kappa shape index (κ1) is 17.9. The summed E-state index contributed by atoms with van der Waals surface area (Å²) in [7, 11) is 2.60. The zero-order valence-corrected chi connectivity index (χ0v) is 15.7. The molecular weight excluding hydrogens is 457 g/mol. The number of nitrogens with zero attached hydrogens (tertiary/aromatic N) is 1. The molecule has 0 aliphatic carbocycles. The molecule has 1 aromatic heterocycles. The number of nitrogen functional groups attached to an aromatic ring is 1. The fourth-order valence-corrected chi connectivity index (χ4v) is 3.39. The van der Waals surface area contributed by atoms with Crippen LogP contribution in [0, 0.1) is 3.57 Å². The lowest BCUT2D eigenvalue weighted by molar-refractivity contribution is 0.0596. The van der Waals surface area contributed by atoms with Crippen molar-refractivity contribution in [2.24, 2.45) is 0 Å². The molecule has 2 heterocycles. The first-order chi connectivity index (χ1) is 12.3. The van der Waals surface area contributed by atoms with E-state index in [1.54, 1.807) is 0 Å². The highest BCUT2D eigenvalue weighted by atomic mass is 127. The molecule has 2 aromatic rings. The van der Waals surface area contributed by atoms with E-state index in [9.17, 15) is 19.2 Å². The van der Waals surface area contributed by atoms with Crippen molar-refractivity contribution in [2.45, 2.75) is 0 Å². The maximum Gasteiger partial charge on any atom is 0.341 e. The van der Waals surface area contributed by atoms with Gasteiger partial charge in [-0.15, -0.1) is 0 Å². The van der Waals surface area contributed by atoms with Crippen molar-refractivity contribution in [3.8, 4) is 11.4 Å². The molecule has 1 aliphatic heterocycles. The molecule has 3 N–H and O–H groups in total. The van der Waals surface area contributed by atoms with Gasteiger partial charge in [-0.1, -0.05) is 0 Å². The minimum Gasteiger partial charge on any atom is -0.496 e. The third-order valence-electron chi connectivity index (χ3n) is 3.87. The largest absolute Gasteiger partial charge is 0.496 e. The molecule has 0 atom stereocenters. The number of amides is 2. The molecule has 0 saturated carbocycles. The van der Waals surface area contributed by atoms with Crippen molar-refractivity contribution in [1.29, 1.82) is 0 Å². The predicted octanol–water partition coefficient (Wildman–Crippen LogP) is 0.703. The number of pyridine rings is 1. The van der Waals surface area contributed by atoms with Crippen LogP contribution in [-0.2, 0) is 4.74 Å². The Labute approximate surface area is 160 Å². The van der Waals surface area contributed by atoms with E-state index < -0.39 is 23.3 Å². The standard InChI is InChI=1S/C16H12IN3O6/c1-25-10-5-9(8(17)3-6(10)16(24)26-2)20-11(21)4-7-12(13(20)18)15(23)19-14(7)22/h3-5H,18H2,1-2H3,(H,19,22,23). The number of carbonyl (C=O) groups is 3. The predicted molar refractivity (Wildman–Crippen MR) is 98.9 cm³/mol. The third-order valence-corrected chi connectivity index (χ3v) is 4.73. The van der Waals surface area contributed by atoms with Crippen LogP contribution in [0.4, 0.5) is 5.82 Å². The van der Waals surface area contributed by atoms with Crippen molar-refractivity contribution >= 4 is 46.2 Å². The van der Waals surface area contributed by atoms with E-state index in [-0.39, 0.29) is 28.3 Å². The minimum atomic E-state index is -0.676. The first-order valence-corrected chi connectivity index (χ1v) is 8.25. The molecule has 3 rings (SSSR count). The number of hydrogen-bond donors (Lipinski definition) is 2. The normalized spacial score (nSPS) is 12.6. The van der Waals surface area contributed by atoms with E-state index >= 15 is 0 Å². The van der Waals surface area contributed by atoms with Crippen molar-refractivity contribution < 1.29 is 23.9 Å². The molecule has 134 valence electrons.